The van der Waals surface area contributed by atoms with Gasteiger partial charge < -0.3 is 14.0 Å². The predicted molar refractivity (Wildman–Crippen MR) is 118 cm³/mol. The summed E-state index contributed by atoms with van der Waals surface area (Å²) in [7, 11) is -1.18. The number of azo groups is 1. The van der Waals surface area contributed by atoms with Crippen LogP contribution in [-0.2, 0) is 10.1 Å². The fraction of sp³-hybridized carbons (Fsp3) is 0.182. The molecule has 9 nitrogen and oxygen atoms in total. The van der Waals surface area contributed by atoms with Gasteiger partial charge in [-0.3, -0.25) is 0 Å². The lowest BCUT2D eigenvalue weighted by atomic mass is 10.2. The average Bonchev–Trinajstić information content (AvgIpc) is 2.78. The highest BCUT2D eigenvalue weighted by molar-refractivity contribution is 7.85. The first-order chi connectivity index (χ1) is 15.2. The van der Waals surface area contributed by atoms with E-state index in [0.717, 1.165) is 11.3 Å². The molecule has 0 saturated heterocycles. The summed E-state index contributed by atoms with van der Waals surface area (Å²) in [6.45, 7) is 3.84. The number of hydrogen-bond acceptors (Lipinski definition) is 8. The van der Waals surface area contributed by atoms with Crippen molar-refractivity contribution in [1.82, 2.24) is 0 Å². The largest absolute Gasteiger partial charge is 0.744 e. The van der Waals surface area contributed by atoms with Crippen molar-refractivity contribution in [2.45, 2.75) is 18.7 Å². The van der Waals surface area contributed by atoms with Gasteiger partial charge in [0.15, 0.2) is 11.4 Å². The lowest BCUT2D eigenvalue weighted by Gasteiger charge is -2.07. The summed E-state index contributed by atoms with van der Waals surface area (Å²) in [6, 6.07) is 16.9. The van der Waals surface area contributed by atoms with Crippen molar-refractivity contribution in [1.29, 1.82) is 0 Å². The minimum Gasteiger partial charge on any atom is -0.744 e. The molecule has 0 fully saturated rings. The van der Waals surface area contributed by atoms with E-state index in [4.69, 9.17) is 15.0 Å². The Morgan fingerprint density at radius 2 is 1.25 bits per heavy atom. The van der Waals surface area contributed by atoms with Crippen molar-refractivity contribution in [2.24, 2.45) is 15.3 Å². The number of rotatable bonds is 6. The Morgan fingerprint density at radius 1 is 0.781 bits per heavy atom. The van der Waals surface area contributed by atoms with Crippen molar-refractivity contribution in [2.75, 3.05) is 14.2 Å². The normalized spacial score (nSPS) is 10.9. The van der Waals surface area contributed by atoms with Crippen molar-refractivity contribution in [3.05, 3.63) is 71.8 Å². The molecule has 168 valence electrons. The van der Waals surface area contributed by atoms with Crippen molar-refractivity contribution in [3.63, 3.8) is 0 Å². The van der Waals surface area contributed by atoms with E-state index in [1.807, 2.05) is 38.1 Å². The predicted octanol–water partition coefficient (Wildman–Crippen LogP) is 4.17. The smallest absolute Gasteiger partial charge is 0.175 e. The topological polar surface area (TPSA) is 138 Å². The van der Waals surface area contributed by atoms with Crippen molar-refractivity contribution >= 4 is 27.2 Å². The van der Waals surface area contributed by atoms with Crippen LogP contribution in [0.15, 0.2) is 80.9 Å². The summed E-state index contributed by atoms with van der Waals surface area (Å²) in [4.78, 5) is -0.178. The Morgan fingerprint density at radius 3 is 1.72 bits per heavy atom. The highest BCUT2D eigenvalue weighted by Gasteiger charge is 2.12. The van der Waals surface area contributed by atoms with Crippen LogP contribution in [0.25, 0.3) is 0 Å². The maximum absolute atomic E-state index is 10.4. The molecular formula is C22H24N4O5S. The molecule has 0 aliphatic carbocycles. The second-order valence-electron chi connectivity index (χ2n) is 6.63. The molecule has 0 unspecified atom stereocenters. The van der Waals surface area contributed by atoms with Crippen LogP contribution in [0.2, 0.25) is 0 Å². The minimum atomic E-state index is -4.27. The monoisotopic (exact) mass is 456 g/mol. The van der Waals surface area contributed by atoms with Gasteiger partial charge in [-0.15, -0.1) is 5.11 Å². The molecule has 0 aliphatic heterocycles. The molecule has 0 spiro atoms. The van der Waals surface area contributed by atoms with Crippen molar-refractivity contribution in [3.8, 4) is 11.5 Å². The molecule has 0 radical (unpaired) electrons. The van der Waals surface area contributed by atoms with E-state index in [-0.39, 0.29) is 4.90 Å². The fourth-order valence-corrected chi connectivity index (χ4v) is 2.94. The van der Waals surface area contributed by atoms with Gasteiger partial charge in [0.05, 0.1) is 24.8 Å². The Hall–Kier alpha value is -3.63. The van der Waals surface area contributed by atoms with Gasteiger partial charge in [-0.25, -0.2) is 8.42 Å². The standard InChI is InChI=1S/C15H16N4O2.C7H8O3S/c1-10-4-6-11(7-5-10)18-19-13-9-14(20-2)12(17-16)8-15(13)21-3;1-6-2-4-7(5-3-6)11(8,9)10/h4-9,16H,1-3H3;2-5H,1H3,(H,8,9,10). The number of aryl methyl sites for hydroxylation is 2. The van der Waals surface area contributed by atoms with Crippen LogP contribution in [0.1, 0.15) is 11.1 Å². The van der Waals surface area contributed by atoms with Crippen molar-refractivity contribution < 1.29 is 28.0 Å². The van der Waals surface area contributed by atoms with Crippen LogP contribution in [-0.4, -0.2) is 27.2 Å². The highest BCUT2D eigenvalue weighted by Crippen LogP contribution is 2.39. The zero-order valence-corrected chi connectivity index (χ0v) is 19.0. The second-order valence-corrected chi connectivity index (χ2v) is 8.01. The lowest BCUT2D eigenvalue weighted by Crippen LogP contribution is -2.22. The second kappa shape index (κ2) is 11.1. The van der Waals surface area contributed by atoms with Gasteiger partial charge >= 0.3 is 0 Å². The van der Waals surface area contributed by atoms with E-state index >= 15 is 0 Å². The summed E-state index contributed by atoms with van der Waals surface area (Å²) in [6.07, 6.45) is 0. The number of methoxy groups -OCH3 is 2. The third-order valence-corrected chi connectivity index (χ3v) is 5.09. The third-order valence-electron chi connectivity index (χ3n) is 4.24. The number of nitrogens with zero attached hydrogens (tertiary/aromatic N) is 3. The first-order valence-corrected chi connectivity index (χ1v) is 10.8. The van der Waals surface area contributed by atoms with E-state index in [0.29, 0.717) is 22.9 Å². The van der Waals surface area contributed by atoms with Crippen LogP contribution in [0.5, 0.6) is 11.5 Å². The van der Waals surface area contributed by atoms with Crippen LogP contribution in [0.3, 0.4) is 0 Å². The summed E-state index contributed by atoms with van der Waals surface area (Å²) >= 11 is 0. The molecule has 32 heavy (non-hydrogen) atoms. The number of hydrogen-bond donors (Lipinski definition) is 1. The number of benzene rings is 3. The molecule has 3 rings (SSSR count). The number of ether oxygens (including phenoxy) is 2. The van der Waals surface area contributed by atoms with E-state index in [1.165, 1.54) is 24.8 Å². The van der Waals surface area contributed by atoms with Crippen LogP contribution in [0.4, 0.5) is 17.1 Å². The van der Waals surface area contributed by atoms with Gasteiger partial charge in [-0.05, 0) is 43.2 Å². The molecule has 2 N–H and O–H groups in total. The Balaban J connectivity index is 0.000000278. The average molecular weight is 457 g/mol. The summed E-state index contributed by atoms with van der Waals surface area (Å²) in [5.41, 5.74) is 9.20. The van der Waals surface area contributed by atoms with Crippen LogP contribution >= 0.6 is 0 Å². The first-order valence-electron chi connectivity index (χ1n) is 9.36. The van der Waals surface area contributed by atoms with Gasteiger partial charge in [0.2, 0.25) is 0 Å². The maximum Gasteiger partial charge on any atom is 0.175 e. The fourth-order valence-electron chi connectivity index (χ4n) is 2.47. The molecule has 3 aromatic rings. The van der Waals surface area contributed by atoms with Crippen LogP contribution in [0, 0.1) is 13.8 Å². The molecule has 0 amide bonds. The molecule has 0 aromatic heterocycles. The Bertz CT molecular complexity index is 1190. The number of nitrogens with two attached hydrogens (primary N) is 1. The molecule has 0 aliphatic rings. The summed E-state index contributed by atoms with van der Waals surface area (Å²) in [5, 5.41) is 12.0. The molecular weight excluding hydrogens is 432 g/mol. The SMILES string of the molecule is COc1cc(N=Nc2ccc(C)cc2)c(OC)cc1N=[NH2+].Cc1ccc(S(=O)(=O)[O-])cc1. The summed E-state index contributed by atoms with van der Waals surface area (Å²) < 4.78 is 41.6. The quantitative estimate of drug-likeness (QED) is 0.438. The highest BCUT2D eigenvalue weighted by atomic mass is 32.2. The summed E-state index contributed by atoms with van der Waals surface area (Å²) in [5.74, 6) is 1.03. The maximum atomic E-state index is 10.4. The molecule has 0 heterocycles. The van der Waals surface area contributed by atoms with Gasteiger partial charge in [-0.1, -0.05) is 35.4 Å². The molecule has 0 saturated carbocycles. The van der Waals surface area contributed by atoms with E-state index < -0.39 is 10.1 Å². The molecule has 0 bridgehead atoms. The molecule has 3 aromatic carbocycles. The van der Waals surface area contributed by atoms with Crippen LogP contribution < -0.4 is 15.0 Å². The molecule has 0 atom stereocenters. The van der Waals surface area contributed by atoms with E-state index in [1.54, 1.807) is 31.4 Å². The van der Waals surface area contributed by atoms with Gasteiger partial charge in [0.25, 0.3) is 0 Å². The third kappa shape index (κ3) is 6.96. The zero-order valence-electron chi connectivity index (χ0n) is 18.1. The molecule has 10 heteroatoms. The Kier molecular flexibility index (Phi) is 8.56. The Labute approximate surface area is 187 Å². The lowest BCUT2D eigenvalue weighted by molar-refractivity contribution is -0.210. The first kappa shape index (κ1) is 24.6. The minimum absolute atomic E-state index is 0.178. The van der Waals surface area contributed by atoms with Gasteiger partial charge in [0, 0.05) is 12.1 Å². The van der Waals surface area contributed by atoms with Gasteiger partial charge in [0.1, 0.15) is 21.6 Å². The van der Waals surface area contributed by atoms with Gasteiger partial charge in [-0.2, -0.15) is 10.6 Å². The van der Waals surface area contributed by atoms with E-state index in [2.05, 4.69) is 15.3 Å². The van der Waals surface area contributed by atoms with E-state index in [9.17, 15) is 13.0 Å². The zero-order chi connectivity index (χ0) is 23.7.